The zero-order valence-electron chi connectivity index (χ0n) is 7.40. The monoisotopic (exact) mass is 165 g/mol. The van der Waals surface area contributed by atoms with Crippen molar-refractivity contribution in [2.45, 2.75) is 25.3 Å². The zero-order chi connectivity index (χ0) is 8.55. The summed E-state index contributed by atoms with van der Waals surface area (Å²) in [5.74, 6) is 0.787. The van der Waals surface area contributed by atoms with Crippen LogP contribution < -0.4 is 5.73 Å². The standard InChI is InChI=1S/C9H15N3/c1-12-3-2-9(11-12)6-7-4-8(10)5-7/h2-3,7-8H,4-6,10H2,1H3. The molecule has 0 unspecified atom stereocenters. The molecule has 0 aliphatic heterocycles. The highest BCUT2D eigenvalue weighted by Gasteiger charge is 2.26. The second-order valence-electron chi connectivity index (χ2n) is 3.78. The Morgan fingerprint density at radius 3 is 2.92 bits per heavy atom. The minimum absolute atomic E-state index is 0.457. The van der Waals surface area contributed by atoms with Gasteiger partial charge in [0.05, 0.1) is 5.69 Å². The van der Waals surface area contributed by atoms with Crippen LogP contribution in [-0.4, -0.2) is 15.8 Å². The lowest BCUT2D eigenvalue weighted by Crippen LogP contribution is -2.37. The smallest absolute Gasteiger partial charge is 0.0627 e. The third kappa shape index (κ3) is 1.50. The Morgan fingerprint density at radius 2 is 2.42 bits per heavy atom. The van der Waals surface area contributed by atoms with Crippen molar-refractivity contribution in [3.8, 4) is 0 Å². The Bertz CT molecular complexity index is 260. The summed E-state index contributed by atoms with van der Waals surface area (Å²) in [5, 5.41) is 4.33. The molecule has 0 bridgehead atoms. The van der Waals surface area contributed by atoms with E-state index in [0.29, 0.717) is 6.04 Å². The van der Waals surface area contributed by atoms with Crippen molar-refractivity contribution in [2.24, 2.45) is 18.7 Å². The number of nitrogens with two attached hydrogens (primary N) is 1. The third-order valence-corrected chi connectivity index (χ3v) is 2.54. The van der Waals surface area contributed by atoms with Crippen LogP contribution in [0.25, 0.3) is 0 Å². The van der Waals surface area contributed by atoms with Gasteiger partial charge in [0.15, 0.2) is 0 Å². The average molecular weight is 165 g/mol. The molecule has 0 saturated heterocycles. The van der Waals surface area contributed by atoms with Gasteiger partial charge in [-0.15, -0.1) is 0 Å². The molecule has 0 spiro atoms. The minimum Gasteiger partial charge on any atom is -0.328 e. The van der Waals surface area contributed by atoms with E-state index in [1.807, 2.05) is 17.9 Å². The first-order valence-electron chi connectivity index (χ1n) is 4.48. The first-order valence-corrected chi connectivity index (χ1v) is 4.48. The number of hydrogen-bond donors (Lipinski definition) is 1. The fraction of sp³-hybridized carbons (Fsp3) is 0.667. The molecule has 0 aromatic carbocycles. The summed E-state index contributed by atoms with van der Waals surface area (Å²) in [5.41, 5.74) is 6.91. The van der Waals surface area contributed by atoms with E-state index in [9.17, 15) is 0 Å². The van der Waals surface area contributed by atoms with Crippen molar-refractivity contribution in [2.75, 3.05) is 0 Å². The van der Waals surface area contributed by atoms with E-state index in [1.54, 1.807) is 0 Å². The van der Waals surface area contributed by atoms with Crippen LogP contribution in [0.5, 0.6) is 0 Å². The van der Waals surface area contributed by atoms with Gasteiger partial charge in [-0.05, 0) is 31.2 Å². The maximum Gasteiger partial charge on any atom is 0.0627 e. The maximum atomic E-state index is 5.70. The summed E-state index contributed by atoms with van der Waals surface area (Å²) in [4.78, 5) is 0. The molecule has 1 aliphatic carbocycles. The lowest BCUT2D eigenvalue weighted by molar-refractivity contribution is 0.262. The molecule has 0 radical (unpaired) electrons. The molecule has 1 heterocycles. The highest BCUT2D eigenvalue weighted by atomic mass is 15.2. The first-order chi connectivity index (χ1) is 5.74. The summed E-state index contributed by atoms with van der Waals surface area (Å²) < 4.78 is 1.86. The van der Waals surface area contributed by atoms with Gasteiger partial charge in [-0.2, -0.15) is 5.10 Å². The van der Waals surface area contributed by atoms with Gasteiger partial charge in [-0.3, -0.25) is 4.68 Å². The van der Waals surface area contributed by atoms with Gasteiger partial charge >= 0.3 is 0 Å². The van der Waals surface area contributed by atoms with Gasteiger partial charge in [0.1, 0.15) is 0 Å². The van der Waals surface area contributed by atoms with E-state index >= 15 is 0 Å². The highest BCUT2D eigenvalue weighted by molar-refractivity contribution is 5.02. The molecule has 2 N–H and O–H groups in total. The summed E-state index contributed by atoms with van der Waals surface area (Å²) in [6.45, 7) is 0. The lowest BCUT2D eigenvalue weighted by Gasteiger charge is -2.31. The molecule has 2 rings (SSSR count). The van der Waals surface area contributed by atoms with E-state index in [0.717, 1.165) is 12.3 Å². The Balaban J connectivity index is 1.88. The average Bonchev–Trinajstić information content (AvgIpc) is 2.33. The van der Waals surface area contributed by atoms with E-state index in [-0.39, 0.29) is 0 Å². The zero-order valence-corrected chi connectivity index (χ0v) is 7.40. The Labute approximate surface area is 72.6 Å². The Hall–Kier alpha value is -0.830. The molecule has 0 amide bonds. The van der Waals surface area contributed by atoms with Crippen LogP contribution in [0.15, 0.2) is 12.3 Å². The predicted molar refractivity (Wildman–Crippen MR) is 47.6 cm³/mol. The SMILES string of the molecule is Cn1ccc(CC2CC(N)C2)n1. The Morgan fingerprint density at radius 1 is 1.67 bits per heavy atom. The molecule has 1 aromatic rings. The molecule has 1 saturated carbocycles. The molecule has 1 aliphatic rings. The molecular weight excluding hydrogens is 150 g/mol. The molecule has 0 atom stereocenters. The van der Waals surface area contributed by atoms with Crippen LogP contribution >= 0.6 is 0 Å². The van der Waals surface area contributed by atoms with Gasteiger partial charge in [-0.1, -0.05) is 0 Å². The molecule has 66 valence electrons. The summed E-state index contributed by atoms with van der Waals surface area (Å²) in [6, 6.07) is 2.54. The van der Waals surface area contributed by atoms with Crippen LogP contribution in [0.2, 0.25) is 0 Å². The summed E-state index contributed by atoms with van der Waals surface area (Å²) >= 11 is 0. The normalized spacial score (nSPS) is 28.5. The van der Waals surface area contributed by atoms with Crippen LogP contribution in [0.4, 0.5) is 0 Å². The number of rotatable bonds is 2. The van der Waals surface area contributed by atoms with E-state index in [2.05, 4.69) is 11.2 Å². The molecular formula is C9H15N3. The van der Waals surface area contributed by atoms with Gasteiger partial charge < -0.3 is 5.73 Å². The van der Waals surface area contributed by atoms with Crippen LogP contribution in [-0.2, 0) is 13.5 Å². The number of aryl methyl sites for hydroxylation is 1. The van der Waals surface area contributed by atoms with Crippen LogP contribution in [0, 0.1) is 5.92 Å². The van der Waals surface area contributed by atoms with Crippen molar-refractivity contribution in [1.29, 1.82) is 0 Å². The van der Waals surface area contributed by atoms with Crippen LogP contribution in [0.3, 0.4) is 0 Å². The summed E-state index contributed by atoms with van der Waals surface area (Å²) in [6.07, 6.45) is 5.45. The quantitative estimate of drug-likeness (QED) is 0.701. The molecule has 1 aromatic heterocycles. The van der Waals surface area contributed by atoms with E-state index in [1.165, 1.54) is 18.5 Å². The van der Waals surface area contributed by atoms with E-state index < -0.39 is 0 Å². The number of aromatic nitrogens is 2. The summed E-state index contributed by atoms with van der Waals surface area (Å²) in [7, 11) is 1.95. The topological polar surface area (TPSA) is 43.8 Å². The minimum atomic E-state index is 0.457. The van der Waals surface area contributed by atoms with Crippen molar-refractivity contribution in [3.63, 3.8) is 0 Å². The second kappa shape index (κ2) is 2.90. The van der Waals surface area contributed by atoms with Crippen molar-refractivity contribution in [3.05, 3.63) is 18.0 Å². The van der Waals surface area contributed by atoms with Gasteiger partial charge in [0.2, 0.25) is 0 Å². The fourth-order valence-corrected chi connectivity index (χ4v) is 1.82. The fourth-order valence-electron chi connectivity index (χ4n) is 1.82. The molecule has 12 heavy (non-hydrogen) atoms. The largest absolute Gasteiger partial charge is 0.328 e. The second-order valence-corrected chi connectivity index (χ2v) is 3.78. The number of nitrogens with zero attached hydrogens (tertiary/aromatic N) is 2. The van der Waals surface area contributed by atoms with Gasteiger partial charge in [-0.25, -0.2) is 0 Å². The van der Waals surface area contributed by atoms with E-state index in [4.69, 9.17) is 5.73 Å². The van der Waals surface area contributed by atoms with Crippen molar-refractivity contribution < 1.29 is 0 Å². The van der Waals surface area contributed by atoms with Crippen molar-refractivity contribution >= 4 is 0 Å². The Kier molecular flexibility index (Phi) is 1.89. The predicted octanol–water partition coefficient (Wildman–Crippen LogP) is 0.700. The van der Waals surface area contributed by atoms with Crippen molar-refractivity contribution in [1.82, 2.24) is 9.78 Å². The number of hydrogen-bond acceptors (Lipinski definition) is 2. The molecule has 3 heteroatoms. The molecule has 3 nitrogen and oxygen atoms in total. The maximum absolute atomic E-state index is 5.70. The third-order valence-electron chi connectivity index (χ3n) is 2.54. The van der Waals surface area contributed by atoms with Gasteiger partial charge in [0, 0.05) is 19.3 Å². The molecule has 1 fully saturated rings. The highest BCUT2D eigenvalue weighted by Crippen LogP contribution is 2.28. The van der Waals surface area contributed by atoms with Gasteiger partial charge in [0.25, 0.3) is 0 Å². The first kappa shape index (κ1) is 7.80. The lowest BCUT2D eigenvalue weighted by atomic mass is 9.78. The van der Waals surface area contributed by atoms with Crippen LogP contribution in [0.1, 0.15) is 18.5 Å².